The first-order chi connectivity index (χ1) is 9.22. The minimum absolute atomic E-state index is 0.101. The molecule has 4 heteroatoms. The fourth-order valence-corrected chi connectivity index (χ4v) is 3.33. The van der Waals surface area contributed by atoms with E-state index in [1.54, 1.807) is 24.3 Å². The predicted molar refractivity (Wildman–Crippen MR) is 74.4 cm³/mol. The van der Waals surface area contributed by atoms with Crippen LogP contribution >= 0.6 is 11.6 Å². The molecule has 1 aromatic rings. The van der Waals surface area contributed by atoms with E-state index >= 15 is 0 Å². The summed E-state index contributed by atoms with van der Waals surface area (Å²) < 4.78 is 5.51. The maximum absolute atomic E-state index is 12.1. The van der Waals surface area contributed by atoms with Gasteiger partial charge in [0.25, 0.3) is 5.91 Å². The molecule has 2 aliphatic rings. The number of halogens is 1. The summed E-state index contributed by atoms with van der Waals surface area (Å²) in [4.78, 5) is 14.1. The quantitative estimate of drug-likeness (QED) is 0.851. The van der Waals surface area contributed by atoms with Crippen LogP contribution in [-0.2, 0) is 4.79 Å². The van der Waals surface area contributed by atoms with Gasteiger partial charge in [0.1, 0.15) is 5.75 Å². The third-order valence-electron chi connectivity index (χ3n) is 4.25. The fourth-order valence-electron chi connectivity index (χ4n) is 3.21. The summed E-state index contributed by atoms with van der Waals surface area (Å²) in [6.45, 7) is 1.97. The van der Waals surface area contributed by atoms with E-state index in [2.05, 4.69) is 0 Å². The smallest absolute Gasteiger partial charge is 0.260 e. The largest absolute Gasteiger partial charge is 0.484 e. The third-order valence-corrected chi connectivity index (χ3v) is 4.51. The number of ether oxygens (including phenoxy) is 1. The summed E-state index contributed by atoms with van der Waals surface area (Å²) in [5.74, 6) is 2.26. The highest BCUT2D eigenvalue weighted by atomic mass is 35.5. The molecule has 2 atom stereocenters. The summed E-state index contributed by atoms with van der Waals surface area (Å²) in [5, 5.41) is 0.672. The van der Waals surface area contributed by atoms with Gasteiger partial charge in [0.15, 0.2) is 6.61 Å². The molecule has 0 bridgehead atoms. The van der Waals surface area contributed by atoms with Crippen molar-refractivity contribution >= 4 is 17.5 Å². The fraction of sp³-hybridized carbons (Fsp3) is 0.533. The molecule has 1 aromatic carbocycles. The van der Waals surface area contributed by atoms with Crippen molar-refractivity contribution in [2.45, 2.75) is 19.3 Å². The van der Waals surface area contributed by atoms with E-state index in [0.29, 0.717) is 10.8 Å². The number of likely N-dealkylation sites (tertiary alicyclic amines) is 1. The molecular weight excluding hydrogens is 262 g/mol. The zero-order chi connectivity index (χ0) is 13.2. The van der Waals surface area contributed by atoms with Gasteiger partial charge in [0, 0.05) is 18.1 Å². The summed E-state index contributed by atoms with van der Waals surface area (Å²) in [6, 6.07) is 7.10. The summed E-state index contributed by atoms with van der Waals surface area (Å²) in [5.41, 5.74) is 0. The highest BCUT2D eigenvalue weighted by Crippen LogP contribution is 2.37. The molecule has 1 saturated carbocycles. The van der Waals surface area contributed by atoms with Crippen LogP contribution in [0.15, 0.2) is 24.3 Å². The van der Waals surface area contributed by atoms with E-state index in [4.69, 9.17) is 16.3 Å². The number of benzene rings is 1. The first-order valence-electron chi connectivity index (χ1n) is 6.88. The normalized spacial score (nSPS) is 25.4. The molecule has 0 N–H and O–H groups in total. The van der Waals surface area contributed by atoms with Crippen molar-refractivity contribution in [2.24, 2.45) is 11.8 Å². The van der Waals surface area contributed by atoms with Crippen LogP contribution < -0.4 is 4.74 Å². The number of nitrogens with zero attached hydrogens (tertiary/aromatic N) is 1. The van der Waals surface area contributed by atoms with Gasteiger partial charge < -0.3 is 9.64 Å². The maximum Gasteiger partial charge on any atom is 0.260 e. The third kappa shape index (κ3) is 2.86. The minimum Gasteiger partial charge on any atom is -0.484 e. The summed E-state index contributed by atoms with van der Waals surface area (Å²) in [7, 11) is 0. The first-order valence-corrected chi connectivity index (χ1v) is 7.26. The van der Waals surface area contributed by atoms with Gasteiger partial charge in [-0.3, -0.25) is 4.79 Å². The van der Waals surface area contributed by atoms with E-state index in [-0.39, 0.29) is 12.5 Å². The number of amides is 1. The Bertz CT molecular complexity index is 448. The number of rotatable bonds is 3. The van der Waals surface area contributed by atoms with E-state index in [9.17, 15) is 4.79 Å². The molecule has 3 nitrogen and oxygen atoms in total. The number of hydrogen-bond donors (Lipinski definition) is 0. The monoisotopic (exact) mass is 279 g/mol. The zero-order valence-electron chi connectivity index (χ0n) is 10.8. The molecule has 2 unspecified atom stereocenters. The molecular formula is C15H18ClNO2. The van der Waals surface area contributed by atoms with Crippen molar-refractivity contribution in [3.63, 3.8) is 0 Å². The Morgan fingerprint density at radius 2 is 1.84 bits per heavy atom. The Balaban J connectivity index is 1.50. The Hall–Kier alpha value is -1.22. The van der Waals surface area contributed by atoms with Crippen LogP contribution in [0.5, 0.6) is 5.75 Å². The SMILES string of the molecule is O=C(COc1ccc(Cl)cc1)N1CC2CCCC2C1. The van der Waals surface area contributed by atoms with Crippen molar-refractivity contribution in [3.8, 4) is 5.75 Å². The van der Waals surface area contributed by atoms with Gasteiger partial charge in [-0.25, -0.2) is 0 Å². The lowest BCUT2D eigenvalue weighted by Gasteiger charge is -2.17. The van der Waals surface area contributed by atoms with Crippen LogP contribution in [0.3, 0.4) is 0 Å². The highest BCUT2D eigenvalue weighted by Gasteiger charge is 2.37. The van der Waals surface area contributed by atoms with E-state index in [1.807, 2.05) is 4.90 Å². The van der Waals surface area contributed by atoms with E-state index in [0.717, 1.165) is 24.9 Å². The van der Waals surface area contributed by atoms with Crippen LogP contribution in [0.4, 0.5) is 0 Å². The molecule has 19 heavy (non-hydrogen) atoms. The maximum atomic E-state index is 12.1. The van der Waals surface area contributed by atoms with Crippen LogP contribution in [0.25, 0.3) is 0 Å². The molecule has 2 fully saturated rings. The molecule has 0 aromatic heterocycles. The van der Waals surface area contributed by atoms with Gasteiger partial charge in [-0.2, -0.15) is 0 Å². The Labute approximate surface area is 118 Å². The standard InChI is InChI=1S/C15H18ClNO2/c16-13-4-6-14(7-5-13)19-10-15(18)17-8-11-2-1-3-12(11)9-17/h4-7,11-12H,1-3,8-10H2. The molecule has 1 amide bonds. The number of fused-ring (bicyclic) bond motifs is 1. The second kappa shape index (κ2) is 5.41. The van der Waals surface area contributed by atoms with Crippen LogP contribution in [0.2, 0.25) is 5.02 Å². The molecule has 1 aliphatic carbocycles. The first kappa shape index (κ1) is 12.8. The minimum atomic E-state index is 0.101. The molecule has 0 radical (unpaired) electrons. The molecule has 1 heterocycles. The van der Waals surface area contributed by atoms with Gasteiger partial charge in [-0.1, -0.05) is 18.0 Å². The van der Waals surface area contributed by atoms with E-state index in [1.165, 1.54) is 19.3 Å². The van der Waals surface area contributed by atoms with Crippen molar-refractivity contribution in [3.05, 3.63) is 29.3 Å². The van der Waals surface area contributed by atoms with Gasteiger partial charge in [-0.15, -0.1) is 0 Å². The number of carbonyl (C=O) groups is 1. The summed E-state index contributed by atoms with van der Waals surface area (Å²) >= 11 is 5.80. The van der Waals surface area contributed by atoms with E-state index < -0.39 is 0 Å². The summed E-state index contributed by atoms with van der Waals surface area (Å²) in [6.07, 6.45) is 3.90. The molecule has 3 rings (SSSR count). The van der Waals surface area contributed by atoms with Gasteiger partial charge in [0.05, 0.1) is 0 Å². The second-order valence-corrected chi connectivity index (χ2v) is 5.93. The lowest BCUT2D eigenvalue weighted by Crippen LogP contribution is -2.33. The molecule has 102 valence electrons. The van der Waals surface area contributed by atoms with Gasteiger partial charge >= 0.3 is 0 Å². The Kier molecular flexibility index (Phi) is 3.65. The average Bonchev–Trinajstić information content (AvgIpc) is 2.98. The zero-order valence-corrected chi connectivity index (χ0v) is 11.6. The topological polar surface area (TPSA) is 29.5 Å². The van der Waals surface area contributed by atoms with Crippen molar-refractivity contribution in [2.75, 3.05) is 19.7 Å². The Morgan fingerprint density at radius 3 is 2.47 bits per heavy atom. The number of hydrogen-bond acceptors (Lipinski definition) is 2. The van der Waals surface area contributed by atoms with Crippen molar-refractivity contribution in [1.82, 2.24) is 4.90 Å². The predicted octanol–water partition coefficient (Wildman–Crippen LogP) is 2.98. The highest BCUT2D eigenvalue weighted by molar-refractivity contribution is 6.30. The van der Waals surface area contributed by atoms with Crippen molar-refractivity contribution < 1.29 is 9.53 Å². The average molecular weight is 280 g/mol. The van der Waals surface area contributed by atoms with Crippen molar-refractivity contribution in [1.29, 1.82) is 0 Å². The second-order valence-electron chi connectivity index (χ2n) is 5.49. The Morgan fingerprint density at radius 1 is 1.21 bits per heavy atom. The lowest BCUT2D eigenvalue weighted by atomic mass is 10.0. The molecule has 1 saturated heterocycles. The van der Waals surface area contributed by atoms with Crippen LogP contribution in [-0.4, -0.2) is 30.5 Å². The van der Waals surface area contributed by atoms with Gasteiger partial charge in [0.2, 0.25) is 0 Å². The molecule has 0 spiro atoms. The lowest BCUT2D eigenvalue weighted by molar-refractivity contribution is -0.132. The van der Waals surface area contributed by atoms with Crippen LogP contribution in [0, 0.1) is 11.8 Å². The van der Waals surface area contributed by atoms with Crippen LogP contribution in [0.1, 0.15) is 19.3 Å². The number of carbonyl (C=O) groups excluding carboxylic acids is 1. The molecule has 1 aliphatic heterocycles. The van der Waals surface area contributed by atoms with Gasteiger partial charge in [-0.05, 0) is 48.9 Å².